The first kappa shape index (κ1) is 15.0. The van der Waals surface area contributed by atoms with Crippen molar-refractivity contribution in [2.45, 2.75) is 70.6 Å². The van der Waals surface area contributed by atoms with Gasteiger partial charge in [0.05, 0.1) is 6.04 Å². The molecule has 1 aliphatic heterocycles. The molecule has 1 aliphatic carbocycles. The van der Waals surface area contributed by atoms with Crippen LogP contribution in [0.15, 0.2) is 16.8 Å². The van der Waals surface area contributed by atoms with Crippen molar-refractivity contribution in [3.63, 3.8) is 0 Å². The maximum Gasteiger partial charge on any atom is 0.241 e. The summed E-state index contributed by atoms with van der Waals surface area (Å²) in [6.07, 6.45) is 7.27. The number of carbonyl (C=O) groups excluding carboxylic acids is 1. The van der Waals surface area contributed by atoms with Gasteiger partial charge in [0, 0.05) is 6.04 Å². The van der Waals surface area contributed by atoms with E-state index in [4.69, 9.17) is 0 Å². The van der Waals surface area contributed by atoms with Gasteiger partial charge in [0.1, 0.15) is 6.17 Å². The van der Waals surface area contributed by atoms with Gasteiger partial charge in [0.15, 0.2) is 0 Å². The van der Waals surface area contributed by atoms with Gasteiger partial charge < -0.3 is 4.90 Å². The summed E-state index contributed by atoms with van der Waals surface area (Å²) in [5, 5.41) is 7.86. The molecule has 3 atom stereocenters. The van der Waals surface area contributed by atoms with Crippen molar-refractivity contribution in [3.05, 3.63) is 22.4 Å². The van der Waals surface area contributed by atoms with Crippen LogP contribution in [-0.2, 0) is 4.79 Å². The predicted molar refractivity (Wildman–Crippen MR) is 87.2 cm³/mol. The summed E-state index contributed by atoms with van der Waals surface area (Å²) in [7, 11) is 0. The van der Waals surface area contributed by atoms with Gasteiger partial charge in [-0.3, -0.25) is 10.1 Å². The fraction of sp³-hybridized carbons (Fsp3) is 0.706. The fourth-order valence-corrected chi connectivity index (χ4v) is 4.61. The third-order valence-corrected chi connectivity index (χ3v) is 5.85. The van der Waals surface area contributed by atoms with Gasteiger partial charge in [0.2, 0.25) is 5.91 Å². The predicted octanol–water partition coefficient (Wildman–Crippen LogP) is 3.93. The Balaban J connectivity index is 1.83. The lowest BCUT2D eigenvalue weighted by molar-refractivity contribution is -0.133. The molecule has 3 nitrogen and oxygen atoms in total. The second kappa shape index (κ2) is 6.49. The highest BCUT2D eigenvalue weighted by Gasteiger charge is 2.43. The summed E-state index contributed by atoms with van der Waals surface area (Å²) in [6, 6.07) is 2.50. The Morgan fingerprint density at radius 1 is 1.43 bits per heavy atom. The van der Waals surface area contributed by atoms with Crippen molar-refractivity contribution < 1.29 is 4.79 Å². The summed E-state index contributed by atoms with van der Waals surface area (Å²) in [4.78, 5) is 15.0. The standard InChI is InChI=1S/C17H26N2OS/c1-3-6-15-17(20)19(12(2)13-7-4-5-8-13)16(18-15)14-9-10-21-11-14/h9-13,15-16,18H,3-8H2,1-2H3. The molecular formula is C17H26N2OS. The van der Waals surface area contributed by atoms with E-state index in [0.29, 0.717) is 17.9 Å². The minimum Gasteiger partial charge on any atom is -0.319 e. The third-order valence-electron chi connectivity index (χ3n) is 5.15. The molecule has 0 aromatic carbocycles. The van der Waals surface area contributed by atoms with E-state index in [1.165, 1.54) is 31.2 Å². The van der Waals surface area contributed by atoms with Gasteiger partial charge in [-0.2, -0.15) is 11.3 Å². The Bertz CT molecular complexity index is 467. The monoisotopic (exact) mass is 306 g/mol. The first-order chi connectivity index (χ1) is 10.2. The lowest BCUT2D eigenvalue weighted by Crippen LogP contribution is -2.42. The normalized spacial score (nSPS) is 28.5. The second-order valence-corrected chi connectivity index (χ2v) is 7.28. The minimum atomic E-state index is 0.00348. The lowest BCUT2D eigenvalue weighted by Gasteiger charge is -2.34. The highest BCUT2D eigenvalue weighted by atomic mass is 32.1. The molecule has 0 bridgehead atoms. The molecule has 1 saturated heterocycles. The van der Waals surface area contributed by atoms with Gasteiger partial charge >= 0.3 is 0 Å². The number of nitrogens with one attached hydrogen (secondary N) is 1. The minimum absolute atomic E-state index is 0.00348. The molecule has 1 aromatic heterocycles. The van der Waals surface area contributed by atoms with E-state index in [1.54, 1.807) is 11.3 Å². The topological polar surface area (TPSA) is 32.3 Å². The molecular weight excluding hydrogens is 280 g/mol. The summed E-state index contributed by atoms with van der Waals surface area (Å²) >= 11 is 1.71. The Morgan fingerprint density at radius 3 is 2.81 bits per heavy atom. The van der Waals surface area contributed by atoms with Crippen molar-refractivity contribution >= 4 is 17.2 Å². The first-order valence-electron chi connectivity index (χ1n) is 8.32. The van der Waals surface area contributed by atoms with Crippen LogP contribution < -0.4 is 5.32 Å². The molecule has 21 heavy (non-hydrogen) atoms. The van der Waals surface area contributed by atoms with Crippen LogP contribution in [-0.4, -0.2) is 22.9 Å². The van der Waals surface area contributed by atoms with Crippen LogP contribution in [0.4, 0.5) is 0 Å². The molecule has 4 heteroatoms. The second-order valence-electron chi connectivity index (χ2n) is 6.50. The van der Waals surface area contributed by atoms with Gasteiger partial charge in [-0.25, -0.2) is 0 Å². The molecule has 2 aliphatic rings. The maximum absolute atomic E-state index is 12.9. The molecule has 2 fully saturated rings. The number of nitrogens with zero attached hydrogens (tertiary/aromatic N) is 1. The van der Waals surface area contributed by atoms with Gasteiger partial charge in [0.25, 0.3) is 0 Å². The van der Waals surface area contributed by atoms with Crippen LogP contribution in [0.3, 0.4) is 0 Å². The van der Waals surface area contributed by atoms with Crippen molar-refractivity contribution in [2.24, 2.45) is 5.92 Å². The molecule has 0 radical (unpaired) electrons. The fourth-order valence-electron chi connectivity index (χ4n) is 3.93. The molecule has 1 amide bonds. The van der Waals surface area contributed by atoms with Gasteiger partial charge in [-0.05, 0) is 54.5 Å². The Hall–Kier alpha value is -0.870. The maximum atomic E-state index is 12.9. The molecule has 116 valence electrons. The molecule has 1 aromatic rings. The molecule has 1 saturated carbocycles. The van der Waals surface area contributed by atoms with Crippen molar-refractivity contribution in [1.29, 1.82) is 0 Å². The highest BCUT2D eigenvalue weighted by molar-refractivity contribution is 7.07. The average molecular weight is 306 g/mol. The number of amides is 1. The molecule has 3 unspecified atom stereocenters. The van der Waals surface area contributed by atoms with E-state index in [9.17, 15) is 4.79 Å². The smallest absolute Gasteiger partial charge is 0.241 e. The summed E-state index contributed by atoms with van der Waals surface area (Å²) in [5.74, 6) is 0.990. The number of hydrogen-bond acceptors (Lipinski definition) is 3. The Morgan fingerprint density at radius 2 is 2.19 bits per heavy atom. The number of rotatable bonds is 5. The zero-order chi connectivity index (χ0) is 14.8. The first-order valence-corrected chi connectivity index (χ1v) is 9.27. The average Bonchev–Trinajstić information content (AvgIpc) is 3.20. The molecule has 2 heterocycles. The molecule has 3 rings (SSSR count). The van der Waals surface area contributed by atoms with E-state index in [2.05, 4.69) is 40.9 Å². The largest absolute Gasteiger partial charge is 0.319 e. The summed E-state index contributed by atoms with van der Waals surface area (Å²) in [6.45, 7) is 4.40. The van der Waals surface area contributed by atoms with E-state index in [1.807, 2.05) is 0 Å². The number of carbonyl (C=O) groups is 1. The van der Waals surface area contributed by atoms with Crippen molar-refractivity contribution in [3.8, 4) is 0 Å². The van der Waals surface area contributed by atoms with Gasteiger partial charge in [-0.1, -0.05) is 26.2 Å². The Kier molecular flexibility index (Phi) is 4.65. The highest BCUT2D eigenvalue weighted by Crippen LogP contribution is 2.37. The zero-order valence-corrected chi connectivity index (χ0v) is 13.9. The zero-order valence-electron chi connectivity index (χ0n) is 13.0. The summed E-state index contributed by atoms with van der Waals surface area (Å²) in [5.41, 5.74) is 1.25. The molecule has 1 N–H and O–H groups in total. The van der Waals surface area contributed by atoms with Crippen LogP contribution in [0.25, 0.3) is 0 Å². The quantitative estimate of drug-likeness (QED) is 0.894. The Labute approximate surface area is 131 Å². The van der Waals surface area contributed by atoms with Gasteiger partial charge in [-0.15, -0.1) is 0 Å². The van der Waals surface area contributed by atoms with Crippen LogP contribution in [0.5, 0.6) is 0 Å². The molecule has 0 spiro atoms. The third kappa shape index (κ3) is 2.88. The van der Waals surface area contributed by atoms with E-state index < -0.39 is 0 Å². The lowest BCUT2D eigenvalue weighted by atomic mass is 9.97. The number of thiophene rings is 1. The van der Waals surface area contributed by atoms with E-state index in [0.717, 1.165) is 12.8 Å². The van der Waals surface area contributed by atoms with Crippen LogP contribution in [0.1, 0.15) is 64.1 Å². The van der Waals surface area contributed by atoms with Crippen LogP contribution in [0, 0.1) is 5.92 Å². The SMILES string of the molecule is CCCC1NC(c2ccsc2)N(C(C)C2CCCC2)C1=O. The van der Waals surface area contributed by atoms with Crippen molar-refractivity contribution in [1.82, 2.24) is 10.2 Å². The van der Waals surface area contributed by atoms with E-state index >= 15 is 0 Å². The van der Waals surface area contributed by atoms with Crippen molar-refractivity contribution in [2.75, 3.05) is 0 Å². The summed E-state index contributed by atoms with van der Waals surface area (Å²) < 4.78 is 0. The van der Waals surface area contributed by atoms with E-state index in [-0.39, 0.29) is 12.2 Å². The van der Waals surface area contributed by atoms with Crippen LogP contribution in [0.2, 0.25) is 0 Å². The number of hydrogen-bond donors (Lipinski definition) is 1. The van der Waals surface area contributed by atoms with Crippen LogP contribution >= 0.6 is 11.3 Å².